The molecule has 0 aliphatic heterocycles. The molecule has 0 saturated carbocycles. The zero-order valence-electron chi connectivity index (χ0n) is 16.5. The second-order valence-electron chi connectivity index (χ2n) is 6.49. The molecule has 2 aromatic carbocycles. The molecule has 2 rings (SSSR count). The molecule has 0 aliphatic carbocycles. The Morgan fingerprint density at radius 3 is 2.37 bits per heavy atom. The van der Waals surface area contributed by atoms with Crippen LogP contribution in [0, 0.1) is 0 Å². The van der Waals surface area contributed by atoms with Crippen LogP contribution >= 0.6 is 0 Å². The molecule has 0 unspecified atom stereocenters. The van der Waals surface area contributed by atoms with Gasteiger partial charge in [0, 0.05) is 37.3 Å². The monoisotopic (exact) mass is 368 g/mol. The summed E-state index contributed by atoms with van der Waals surface area (Å²) in [5, 5.41) is 0. The average molecular weight is 368 g/mol. The molecule has 0 fully saturated rings. The molecule has 0 spiro atoms. The number of carbonyl (C=O) groups is 1. The first-order valence-corrected chi connectivity index (χ1v) is 8.91. The van der Waals surface area contributed by atoms with E-state index in [-0.39, 0.29) is 5.91 Å². The van der Waals surface area contributed by atoms with Crippen LogP contribution < -0.4 is 9.47 Å². The summed E-state index contributed by atoms with van der Waals surface area (Å²) in [5.74, 6) is 1.35. The van der Waals surface area contributed by atoms with Crippen molar-refractivity contribution >= 4 is 12.0 Å². The number of likely N-dealkylation sites (N-methyl/N-ethyl adjacent to an activating group) is 1. The third kappa shape index (κ3) is 6.46. The van der Waals surface area contributed by atoms with Gasteiger partial charge in [0.25, 0.3) is 0 Å². The minimum absolute atomic E-state index is 0.0291. The number of carbonyl (C=O) groups excluding carboxylic acids is 1. The summed E-state index contributed by atoms with van der Waals surface area (Å²) in [6.45, 7) is 2.04. The molecule has 2 aromatic rings. The molecule has 0 aliphatic rings. The smallest absolute Gasteiger partial charge is 0.246 e. The van der Waals surface area contributed by atoms with Gasteiger partial charge in [-0.25, -0.2) is 0 Å². The zero-order chi connectivity index (χ0) is 19.6. The van der Waals surface area contributed by atoms with Gasteiger partial charge in [-0.05, 0) is 37.9 Å². The number of ether oxygens (including phenoxy) is 2. The van der Waals surface area contributed by atoms with E-state index >= 15 is 0 Å². The Kier molecular flexibility index (Phi) is 7.89. The van der Waals surface area contributed by atoms with Crippen LogP contribution in [0.15, 0.2) is 54.6 Å². The van der Waals surface area contributed by atoms with Crippen molar-refractivity contribution < 1.29 is 14.3 Å². The summed E-state index contributed by atoms with van der Waals surface area (Å²) in [7, 11) is 7.22. The number of hydrogen-bond acceptors (Lipinski definition) is 4. The quantitative estimate of drug-likeness (QED) is 0.637. The van der Waals surface area contributed by atoms with E-state index in [4.69, 9.17) is 9.47 Å². The van der Waals surface area contributed by atoms with E-state index in [0.717, 1.165) is 17.7 Å². The highest BCUT2D eigenvalue weighted by Gasteiger charge is 2.12. The van der Waals surface area contributed by atoms with E-state index in [0.29, 0.717) is 24.6 Å². The molecule has 5 nitrogen and oxygen atoms in total. The van der Waals surface area contributed by atoms with Gasteiger partial charge in [0.05, 0.1) is 14.2 Å². The van der Waals surface area contributed by atoms with Crippen molar-refractivity contribution in [1.82, 2.24) is 9.80 Å². The average Bonchev–Trinajstić information content (AvgIpc) is 2.69. The molecule has 0 N–H and O–H groups in total. The fourth-order valence-corrected chi connectivity index (χ4v) is 2.61. The Labute approximate surface area is 161 Å². The first-order chi connectivity index (χ1) is 13.0. The first kappa shape index (κ1) is 20.5. The lowest BCUT2D eigenvalue weighted by atomic mass is 10.1. The molecule has 5 heteroatoms. The van der Waals surface area contributed by atoms with Crippen molar-refractivity contribution in [2.45, 2.75) is 6.54 Å². The first-order valence-electron chi connectivity index (χ1n) is 8.91. The van der Waals surface area contributed by atoms with Crippen LogP contribution in [0.3, 0.4) is 0 Å². The van der Waals surface area contributed by atoms with Crippen LogP contribution in [0.5, 0.6) is 11.5 Å². The fraction of sp³-hybridized carbons (Fsp3) is 0.318. The van der Waals surface area contributed by atoms with Gasteiger partial charge >= 0.3 is 0 Å². The number of hydrogen-bond donors (Lipinski definition) is 0. The van der Waals surface area contributed by atoms with Gasteiger partial charge in [-0.1, -0.05) is 30.3 Å². The maximum absolute atomic E-state index is 12.8. The number of methoxy groups -OCH3 is 2. The van der Waals surface area contributed by atoms with Gasteiger partial charge in [-0.15, -0.1) is 0 Å². The van der Waals surface area contributed by atoms with Crippen LogP contribution in [-0.4, -0.2) is 57.1 Å². The largest absolute Gasteiger partial charge is 0.497 e. The van der Waals surface area contributed by atoms with Gasteiger partial charge in [0.15, 0.2) is 0 Å². The maximum atomic E-state index is 12.8. The molecule has 0 bridgehead atoms. The third-order valence-corrected chi connectivity index (χ3v) is 4.19. The Hall–Kier alpha value is -2.79. The zero-order valence-corrected chi connectivity index (χ0v) is 16.5. The summed E-state index contributed by atoms with van der Waals surface area (Å²) in [4.78, 5) is 16.7. The predicted octanol–water partition coefficient (Wildman–Crippen LogP) is 3.31. The van der Waals surface area contributed by atoms with Gasteiger partial charge in [0.2, 0.25) is 5.91 Å². The van der Waals surface area contributed by atoms with Crippen LogP contribution in [0.1, 0.15) is 11.1 Å². The highest BCUT2D eigenvalue weighted by molar-refractivity contribution is 5.92. The molecule has 0 saturated heterocycles. The van der Waals surface area contributed by atoms with E-state index in [1.54, 1.807) is 32.4 Å². The lowest BCUT2D eigenvalue weighted by Crippen LogP contribution is -2.35. The summed E-state index contributed by atoms with van der Waals surface area (Å²) in [5.41, 5.74) is 1.94. The lowest BCUT2D eigenvalue weighted by Gasteiger charge is -2.23. The molecule has 27 heavy (non-hydrogen) atoms. The number of nitrogens with zero attached hydrogens (tertiary/aromatic N) is 2. The number of benzene rings is 2. The second-order valence-corrected chi connectivity index (χ2v) is 6.49. The fourth-order valence-electron chi connectivity index (χ4n) is 2.61. The standard InChI is InChI=1S/C22H28N2O3/c1-23(2)14-15-24(17-18-8-6-5-7-9-18)22(25)13-11-19-10-12-20(26-3)16-21(19)27-4/h5-13,16H,14-15,17H2,1-4H3/b13-11+. The summed E-state index contributed by atoms with van der Waals surface area (Å²) in [6, 6.07) is 15.6. The van der Waals surface area contributed by atoms with E-state index in [1.807, 2.05) is 61.5 Å². The van der Waals surface area contributed by atoms with Crippen molar-refractivity contribution in [3.63, 3.8) is 0 Å². The lowest BCUT2D eigenvalue weighted by molar-refractivity contribution is -0.126. The maximum Gasteiger partial charge on any atom is 0.246 e. The molecule has 1 amide bonds. The third-order valence-electron chi connectivity index (χ3n) is 4.19. The van der Waals surface area contributed by atoms with E-state index in [1.165, 1.54) is 0 Å². The van der Waals surface area contributed by atoms with Gasteiger partial charge in [-0.3, -0.25) is 4.79 Å². The second kappa shape index (κ2) is 10.4. The SMILES string of the molecule is COc1ccc(/C=C/C(=O)N(CCN(C)C)Cc2ccccc2)c(OC)c1. The summed E-state index contributed by atoms with van der Waals surface area (Å²) < 4.78 is 10.6. The highest BCUT2D eigenvalue weighted by atomic mass is 16.5. The van der Waals surface area contributed by atoms with Gasteiger partial charge < -0.3 is 19.3 Å². The van der Waals surface area contributed by atoms with Crippen molar-refractivity contribution in [2.75, 3.05) is 41.4 Å². The van der Waals surface area contributed by atoms with Crippen LogP contribution in [-0.2, 0) is 11.3 Å². The molecular weight excluding hydrogens is 340 g/mol. The normalized spacial score (nSPS) is 11.0. The van der Waals surface area contributed by atoms with Crippen LogP contribution in [0.25, 0.3) is 6.08 Å². The summed E-state index contributed by atoms with van der Waals surface area (Å²) in [6.07, 6.45) is 3.39. The molecule has 0 heterocycles. The topological polar surface area (TPSA) is 42.0 Å². The predicted molar refractivity (Wildman–Crippen MR) is 109 cm³/mol. The Morgan fingerprint density at radius 2 is 1.74 bits per heavy atom. The van der Waals surface area contributed by atoms with Crippen molar-refractivity contribution in [2.24, 2.45) is 0 Å². The molecule has 0 aromatic heterocycles. The van der Waals surface area contributed by atoms with E-state index < -0.39 is 0 Å². The Balaban J connectivity index is 2.15. The Morgan fingerprint density at radius 1 is 1.00 bits per heavy atom. The number of rotatable bonds is 9. The van der Waals surface area contributed by atoms with Crippen molar-refractivity contribution in [3.05, 3.63) is 65.7 Å². The van der Waals surface area contributed by atoms with Gasteiger partial charge in [0.1, 0.15) is 11.5 Å². The molecule has 0 radical (unpaired) electrons. The molecule has 144 valence electrons. The van der Waals surface area contributed by atoms with Crippen LogP contribution in [0.4, 0.5) is 0 Å². The van der Waals surface area contributed by atoms with Crippen LogP contribution in [0.2, 0.25) is 0 Å². The number of amides is 1. The van der Waals surface area contributed by atoms with E-state index in [9.17, 15) is 4.79 Å². The summed E-state index contributed by atoms with van der Waals surface area (Å²) >= 11 is 0. The minimum Gasteiger partial charge on any atom is -0.497 e. The highest BCUT2D eigenvalue weighted by Crippen LogP contribution is 2.25. The van der Waals surface area contributed by atoms with Crippen molar-refractivity contribution in [3.8, 4) is 11.5 Å². The van der Waals surface area contributed by atoms with Crippen molar-refractivity contribution in [1.29, 1.82) is 0 Å². The molecule has 0 atom stereocenters. The Bertz CT molecular complexity index is 757. The van der Waals surface area contributed by atoms with Gasteiger partial charge in [-0.2, -0.15) is 0 Å². The van der Waals surface area contributed by atoms with E-state index in [2.05, 4.69) is 4.90 Å². The minimum atomic E-state index is -0.0291. The molecular formula is C22H28N2O3.